The molecular formula is C18H19F3N2O3S. The molecule has 1 saturated carbocycles. The van der Waals surface area contributed by atoms with Crippen molar-refractivity contribution in [3.8, 4) is 11.8 Å². The summed E-state index contributed by atoms with van der Waals surface area (Å²) in [6, 6.07) is 6.24. The van der Waals surface area contributed by atoms with Gasteiger partial charge in [-0.1, -0.05) is 6.92 Å². The molecule has 1 aliphatic heterocycles. The van der Waals surface area contributed by atoms with Crippen LogP contribution in [0.1, 0.15) is 30.6 Å². The maximum Gasteiger partial charge on any atom is 0.425 e. The van der Waals surface area contributed by atoms with Gasteiger partial charge in [-0.3, -0.25) is 9.00 Å². The van der Waals surface area contributed by atoms with Gasteiger partial charge in [0.1, 0.15) is 5.75 Å². The van der Waals surface area contributed by atoms with Crippen LogP contribution in [0.25, 0.3) is 0 Å². The monoisotopic (exact) mass is 400 g/mol. The third kappa shape index (κ3) is 3.68. The number of alkyl halides is 3. The molecule has 1 amide bonds. The molecule has 4 atom stereocenters. The van der Waals surface area contributed by atoms with Crippen molar-refractivity contribution in [2.75, 3.05) is 18.8 Å². The number of nitriles is 1. The molecule has 1 aromatic carbocycles. The van der Waals surface area contributed by atoms with Crippen LogP contribution in [-0.4, -0.2) is 46.1 Å². The van der Waals surface area contributed by atoms with E-state index in [9.17, 15) is 27.4 Å². The number of hydrogen-bond acceptors (Lipinski definition) is 4. The van der Waals surface area contributed by atoms with E-state index < -0.39 is 34.4 Å². The fourth-order valence-corrected chi connectivity index (χ4v) is 4.13. The Morgan fingerprint density at radius 2 is 2.22 bits per heavy atom. The van der Waals surface area contributed by atoms with Gasteiger partial charge in [-0.05, 0) is 37.5 Å². The average Bonchev–Trinajstić information content (AvgIpc) is 3.20. The maximum absolute atomic E-state index is 12.9. The van der Waals surface area contributed by atoms with E-state index in [1.54, 1.807) is 6.92 Å². The number of nitrogens with zero attached hydrogens (tertiary/aromatic N) is 2. The lowest BCUT2D eigenvalue weighted by Gasteiger charge is -2.23. The van der Waals surface area contributed by atoms with Crippen LogP contribution in [0.5, 0.6) is 5.75 Å². The fourth-order valence-electron chi connectivity index (χ4n) is 3.33. The summed E-state index contributed by atoms with van der Waals surface area (Å²) in [4.78, 5) is 14.8. The number of carbonyl (C=O) groups is 1. The number of fused-ring (bicyclic) bond motifs is 1. The topological polar surface area (TPSA) is 70.4 Å². The average molecular weight is 400 g/mol. The highest BCUT2D eigenvalue weighted by atomic mass is 32.2. The van der Waals surface area contributed by atoms with E-state index in [-0.39, 0.29) is 23.8 Å². The Bertz CT molecular complexity index is 836. The number of halogens is 3. The summed E-state index contributed by atoms with van der Waals surface area (Å²) < 4.78 is 55.7. The molecule has 0 bridgehead atoms. The molecule has 0 N–H and O–H groups in total. The highest BCUT2D eigenvalue weighted by Crippen LogP contribution is 2.57. The molecule has 5 nitrogen and oxygen atoms in total. The lowest BCUT2D eigenvalue weighted by atomic mass is 10.1. The second-order valence-corrected chi connectivity index (χ2v) is 8.69. The summed E-state index contributed by atoms with van der Waals surface area (Å²) in [7, 11) is -1.37. The molecule has 0 aromatic heterocycles. The largest absolute Gasteiger partial charge is 0.480 e. The summed E-state index contributed by atoms with van der Waals surface area (Å²) in [5.74, 6) is -0.280. The van der Waals surface area contributed by atoms with Gasteiger partial charge in [0.15, 0.2) is 6.10 Å². The van der Waals surface area contributed by atoms with Gasteiger partial charge in [0.2, 0.25) is 0 Å². The Labute approximate surface area is 157 Å². The van der Waals surface area contributed by atoms with Crippen LogP contribution in [0.3, 0.4) is 0 Å². The summed E-state index contributed by atoms with van der Waals surface area (Å²) in [5, 5.41) is 9.27. The van der Waals surface area contributed by atoms with E-state index in [1.165, 1.54) is 23.1 Å². The van der Waals surface area contributed by atoms with Crippen LogP contribution in [0.2, 0.25) is 0 Å². The van der Waals surface area contributed by atoms with Gasteiger partial charge < -0.3 is 9.64 Å². The molecule has 0 radical (unpaired) electrons. The van der Waals surface area contributed by atoms with Crippen molar-refractivity contribution in [2.45, 2.75) is 37.4 Å². The Hall–Kier alpha value is -2.08. The minimum atomic E-state index is -4.58. The molecule has 27 heavy (non-hydrogen) atoms. The standard InChI is InChI=1S/C18H19F3N2O3S/c1-3-27(25)13-4-5-15(26-11(2)18(19,20)21)14(6-13)16(24)23-8-12-7-17(12,9-22)10-23/h4-6,11-12H,3,7-8,10H2,1-2H3. The van der Waals surface area contributed by atoms with Crippen molar-refractivity contribution < 1.29 is 26.9 Å². The molecule has 1 heterocycles. The first kappa shape index (κ1) is 19.7. The number of hydrogen-bond donors (Lipinski definition) is 0. The highest BCUT2D eigenvalue weighted by molar-refractivity contribution is 7.85. The normalized spacial score (nSPS) is 26.1. The van der Waals surface area contributed by atoms with Crippen molar-refractivity contribution >= 4 is 16.7 Å². The molecular weight excluding hydrogens is 381 g/mol. The highest BCUT2D eigenvalue weighted by Gasteiger charge is 2.61. The van der Waals surface area contributed by atoms with Crippen LogP contribution in [0.15, 0.2) is 23.1 Å². The summed E-state index contributed by atoms with van der Waals surface area (Å²) in [5.41, 5.74) is -0.584. The lowest BCUT2D eigenvalue weighted by Crippen LogP contribution is -2.34. The zero-order chi connectivity index (χ0) is 20.0. The van der Waals surface area contributed by atoms with Crippen molar-refractivity contribution in [1.29, 1.82) is 5.26 Å². The zero-order valence-corrected chi connectivity index (χ0v) is 15.7. The lowest BCUT2D eigenvalue weighted by molar-refractivity contribution is -0.189. The van der Waals surface area contributed by atoms with Gasteiger partial charge in [-0.15, -0.1) is 0 Å². The van der Waals surface area contributed by atoms with Gasteiger partial charge in [0, 0.05) is 23.7 Å². The van der Waals surface area contributed by atoms with Crippen molar-refractivity contribution in [1.82, 2.24) is 4.90 Å². The van der Waals surface area contributed by atoms with Crippen LogP contribution in [0.4, 0.5) is 13.2 Å². The van der Waals surface area contributed by atoms with E-state index in [4.69, 9.17) is 4.74 Å². The fraction of sp³-hybridized carbons (Fsp3) is 0.556. The van der Waals surface area contributed by atoms with E-state index in [0.717, 1.165) is 13.3 Å². The van der Waals surface area contributed by atoms with Gasteiger partial charge >= 0.3 is 6.18 Å². The maximum atomic E-state index is 12.9. The minimum Gasteiger partial charge on any atom is -0.480 e. The third-order valence-corrected chi connectivity index (χ3v) is 6.43. The predicted molar refractivity (Wildman–Crippen MR) is 91.6 cm³/mol. The molecule has 1 saturated heterocycles. The number of likely N-dealkylation sites (tertiary alicyclic amines) is 1. The van der Waals surface area contributed by atoms with Gasteiger partial charge in [-0.2, -0.15) is 18.4 Å². The van der Waals surface area contributed by atoms with Crippen LogP contribution in [-0.2, 0) is 10.8 Å². The van der Waals surface area contributed by atoms with Gasteiger partial charge in [0.25, 0.3) is 5.91 Å². The molecule has 3 rings (SSSR count). The number of amides is 1. The Morgan fingerprint density at radius 3 is 2.78 bits per heavy atom. The van der Waals surface area contributed by atoms with E-state index in [2.05, 4.69) is 6.07 Å². The molecule has 0 spiro atoms. The number of piperidine rings is 1. The third-order valence-electron chi connectivity index (χ3n) is 5.13. The number of ether oxygens (including phenoxy) is 1. The second kappa shape index (κ2) is 6.82. The van der Waals surface area contributed by atoms with Crippen molar-refractivity contribution in [3.05, 3.63) is 23.8 Å². The Morgan fingerprint density at radius 1 is 1.52 bits per heavy atom. The number of rotatable bonds is 5. The molecule has 2 aliphatic rings. The quantitative estimate of drug-likeness (QED) is 0.762. The molecule has 1 aromatic rings. The predicted octanol–water partition coefficient (Wildman–Crippen LogP) is 3.13. The van der Waals surface area contributed by atoms with Crippen LogP contribution in [0, 0.1) is 22.7 Å². The van der Waals surface area contributed by atoms with Crippen molar-refractivity contribution in [3.63, 3.8) is 0 Å². The van der Waals surface area contributed by atoms with Crippen LogP contribution < -0.4 is 4.74 Å². The Kier molecular flexibility index (Phi) is 4.97. The van der Waals surface area contributed by atoms with Crippen molar-refractivity contribution in [2.24, 2.45) is 11.3 Å². The van der Waals surface area contributed by atoms with E-state index in [0.29, 0.717) is 17.2 Å². The number of carbonyl (C=O) groups excluding carboxylic acids is 1. The van der Waals surface area contributed by atoms with Crippen LogP contribution >= 0.6 is 0 Å². The van der Waals surface area contributed by atoms with E-state index in [1.807, 2.05) is 0 Å². The summed E-state index contributed by atoms with van der Waals surface area (Å²) in [6.07, 6.45) is -5.93. The van der Waals surface area contributed by atoms with E-state index >= 15 is 0 Å². The zero-order valence-electron chi connectivity index (χ0n) is 14.9. The summed E-state index contributed by atoms with van der Waals surface area (Å²) in [6.45, 7) is 3.21. The first-order chi connectivity index (χ1) is 12.6. The summed E-state index contributed by atoms with van der Waals surface area (Å²) >= 11 is 0. The number of benzene rings is 1. The second-order valence-electron chi connectivity index (χ2n) is 6.95. The smallest absolute Gasteiger partial charge is 0.425 e. The SMILES string of the molecule is CCS(=O)c1ccc(OC(C)C(F)(F)F)c(C(=O)N2CC3CC3(C#N)C2)c1. The first-order valence-electron chi connectivity index (χ1n) is 8.57. The van der Waals surface area contributed by atoms with Gasteiger partial charge in [0.05, 0.1) is 27.8 Å². The molecule has 9 heteroatoms. The molecule has 4 unspecified atom stereocenters. The van der Waals surface area contributed by atoms with Gasteiger partial charge in [-0.25, -0.2) is 0 Å². The Balaban J connectivity index is 1.91. The minimum absolute atomic E-state index is 0.0558. The first-order valence-corrected chi connectivity index (χ1v) is 9.89. The molecule has 2 fully saturated rings. The molecule has 146 valence electrons. The molecule has 1 aliphatic carbocycles.